The normalized spacial score (nSPS) is 15.7. The topological polar surface area (TPSA) is 105 Å². The van der Waals surface area contributed by atoms with E-state index in [0.717, 1.165) is 18.0 Å². The highest BCUT2D eigenvalue weighted by molar-refractivity contribution is 7.99. The van der Waals surface area contributed by atoms with Gasteiger partial charge in [0, 0.05) is 6.07 Å². The average molecular weight is 293 g/mol. The SMILES string of the molecule is COc1cc(Sc2nnnn2C2CCCC2)nc(N)n1. The van der Waals surface area contributed by atoms with Crippen molar-refractivity contribution in [3.8, 4) is 5.88 Å². The third-order valence-electron chi connectivity index (χ3n) is 3.23. The second-order valence-corrected chi connectivity index (χ2v) is 5.54. The van der Waals surface area contributed by atoms with Gasteiger partial charge in [-0.15, -0.1) is 5.10 Å². The first-order chi connectivity index (χ1) is 9.76. The molecular weight excluding hydrogens is 278 g/mol. The number of ether oxygens (including phenoxy) is 1. The Hall–Kier alpha value is -1.90. The molecule has 3 rings (SSSR count). The fraction of sp³-hybridized carbons (Fsp3) is 0.545. The van der Waals surface area contributed by atoms with Crippen LogP contribution in [0.2, 0.25) is 0 Å². The second kappa shape index (κ2) is 5.61. The second-order valence-electron chi connectivity index (χ2n) is 4.55. The average Bonchev–Trinajstić information content (AvgIpc) is 3.08. The van der Waals surface area contributed by atoms with Crippen LogP contribution in [-0.2, 0) is 0 Å². The third kappa shape index (κ3) is 2.67. The van der Waals surface area contributed by atoms with Gasteiger partial charge >= 0.3 is 0 Å². The molecule has 0 bridgehead atoms. The van der Waals surface area contributed by atoms with Crippen LogP contribution in [-0.4, -0.2) is 37.3 Å². The Labute approximate surface area is 120 Å². The first-order valence-electron chi connectivity index (χ1n) is 6.40. The minimum atomic E-state index is 0.173. The number of nitrogen functional groups attached to an aromatic ring is 1. The molecule has 9 heteroatoms. The van der Waals surface area contributed by atoms with Gasteiger partial charge in [-0.25, -0.2) is 9.67 Å². The van der Waals surface area contributed by atoms with Crippen LogP contribution in [0.25, 0.3) is 0 Å². The lowest BCUT2D eigenvalue weighted by molar-refractivity contribution is 0.396. The van der Waals surface area contributed by atoms with Crippen molar-refractivity contribution in [3.63, 3.8) is 0 Å². The summed E-state index contributed by atoms with van der Waals surface area (Å²) in [6, 6.07) is 2.10. The van der Waals surface area contributed by atoms with E-state index in [1.54, 1.807) is 13.2 Å². The van der Waals surface area contributed by atoms with Crippen LogP contribution in [0.4, 0.5) is 5.95 Å². The maximum Gasteiger partial charge on any atom is 0.224 e. The zero-order valence-corrected chi connectivity index (χ0v) is 11.9. The number of tetrazole rings is 1. The molecule has 2 N–H and O–H groups in total. The first-order valence-corrected chi connectivity index (χ1v) is 7.22. The number of rotatable bonds is 4. The van der Waals surface area contributed by atoms with Crippen molar-refractivity contribution < 1.29 is 4.74 Å². The molecular formula is C11H15N7OS. The van der Waals surface area contributed by atoms with Gasteiger partial charge in [0.1, 0.15) is 5.03 Å². The van der Waals surface area contributed by atoms with Gasteiger partial charge in [-0.3, -0.25) is 0 Å². The van der Waals surface area contributed by atoms with Crippen LogP contribution in [0.15, 0.2) is 16.2 Å². The molecule has 0 aromatic carbocycles. The molecule has 0 saturated heterocycles. The Morgan fingerprint density at radius 3 is 2.90 bits per heavy atom. The summed E-state index contributed by atoms with van der Waals surface area (Å²) in [7, 11) is 1.54. The highest BCUT2D eigenvalue weighted by Crippen LogP contribution is 2.33. The summed E-state index contributed by atoms with van der Waals surface area (Å²) in [4.78, 5) is 8.12. The summed E-state index contributed by atoms with van der Waals surface area (Å²) in [5, 5.41) is 13.3. The Balaban J connectivity index is 1.84. The molecule has 0 atom stereocenters. The largest absolute Gasteiger partial charge is 0.481 e. The summed E-state index contributed by atoms with van der Waals surface area (Å²) in [6.07, 6.45) is 4.69. The summed E-state index contributed by atoms with van der Waals surface area (Å²) in [5.74, 6) is 0.603. The van der Waals surface area contributed by atoms with Crippen molar-refractivity contribution >= 4 is 17.7 Å². The quantitative estimate of drug-likeness (QED) is 0.841. The number of hydrogen-bond donors (Lipinski definition) is 1. The van der Waals surface area contributed by atoms with Gasteiger partial charge in [0.25, 0.3) is 0 Å². The summed E-state index contributed by atoms with van der Waals surface area (Å²) < 4.78 is 6.96. The van der Waals surface area contributed by atoms with E-state index in [0.29, 0.717) is 16.9 Å². The van der Waals surface area contributed by atoms with Crippen molar-refractivity contribution in [2.45, 2.75) is 41.9 Å². The maximum absolute atomic E-state index is 5.65. The number of hydrogen-bond acceptors (Lipinski definition) is 8. The molecule has 106 valence electrons. The predicted molar refractivity (Wildman–Crippen MR) is 72.4 cm³/mol. The van der Waals surface area contributed by atoms with Crippen LogP contribution in [0.1, 0.15) is 31.7 Å². The lowest BCUT2D eigenvalue weighted by Crippen LogP contribution is -2.08. The minimum absolute atomic E-state index is 0.173. The Kier molecular flexibility index (Phi) is 3.68. The van der Waals surface area contributed by atoms with E-state index in [2.05, 4.69) is 25.5 Å². The summed E-state index contributed by atoms with van der Waals surface area (Å²) in [5.41, 5.74) is 5.65. The smallest absolute Gasteiger partial charge is 0.224 e. The van der Waals surface area contributed by atoms with Crippen LogP contribution < -0.4 is 10.5 Å². The molecule has 20 heavy (non-hydrogen) atoms. The van der Waals surface area contributed by atoms with E-state index in [4.69, 9.17) is 10.5 Å². The lowest BCUT2D eigenvalue weighted by Gasteiger charge is -2.10. The van der Waals surface area contributed by atoms with E-state index in [1.807, 2.05) is 4.68 Å². The van der Waals surface area contributed by atoms with E-state index in [9.17, 15) is 0 Å². The molecule has 0 spiro atoms. The van der Waals surface area contributed by atoms with Crippen molar-refractivity contribution in [2.75, 3.05) is 12.8 Å². The molecule has 0 unspecified atom stereocenters. The Morgan fingerprint density at radius 2 is 2.15 bits per heavy atom. The Morgan fingerprint density at radius 1 is 1.35 bits per heavy atom. The minimum Gasteiger partial charge on any atom is -0.481 e. The van der Waals surface area contributed by atoms with Gasteiger partial charge in [0.15, 0.2) is 0 Å². The molecule has 0 radical (unpaired) electrons. The Bertz CT molecular complexity index is 596. The van der Waals surface area contributed by atoms with Gasteiger partial charge in [0.05, 0.1) is 13.2 Å². The zero-order chi connectivity index (χ0) is 13.9. The fourth-order valence-electron chi connectivity index (χ4n) is 2.30. The van der Waals surface area contributed by atoms with Crippen LogP contribution in [0.3, 0.4) is 0 Å². The van der Waals surface area contributed by atoms with E-state index in [-0.39, 0.29) is 5.95 Å². The molecule has 1 aliphatic carbocycles. The lowest BCUT2D eigenvalue weighted by atomic mass is 10.3. The van der Waals surface area contributed by atoms with Gasteiger partial charge in [-0.2, -0.15) is 4.98 Å². The van der Waals surface area contributed by atoms with Gasteiger partial charge < -0.3 is 10.5 Å². The van der Waals surface area contributed by atoms with Crippen LogP contribution >= 0.6 is 11.8 Å². The molecule has 2 aromatic rings. The highest BCUT2D eigenvalue weighted by Gasteiger charge is 2.22. The number of methoxy groups -OCH3 is 1. The third-order valence-corrected chi connectivity index (χ3v) is 4.10. The molecule has 0 aliphatic heterocycles. The molecule has 1 saturated carbocycles. The molecule has 0 amide bonds. The zero-order valence-electron chi connectivity index (χ0n) is 11.1. The highest BCUT2D eigenvalue weighted by atomic mass is 32.2. The van der Waals surface area contributed by atoms with Crippen LogP contribution in [0, 0.1) is 0 Å². The molecule has 2 heterocycles. The molecule has 2 aromatic heterocycles. The van der Waals surface area contributed by atoms with Gasteiger partial charge in [0.2, 0.25) is 17.0 Å². The number of nitrogens with zero attached hydrogens (tertiary/aromatic N) is 6. The first kappa shape index (κ1) is 13.1. The monoisotopic (exact) mass is 293 g/mol. The van der Waals surface area contributed by atoms with E-state index < -0.39 is 0 Å². The van der Waals surface area contributed by atoms with E-state index in [1.165, 1.54) is 24.6 Å². The molecule has 8 nitrogen and oxygen atoms in total. The molecule has 1 aliphatic rings. The van der Waals surface area contributed by atoms with Gasteiger partial charge in [-0.1, -0.05) is 12.8 Å². The van der Waals surface area contributed by atoms with Crippen molar-refractivity contribution in [1.82, 2.24) is 30.2 Å². The maximum atomic E-state index is 5.65. The standard InChI is InChI=1S/C11H15N7OS/c1-19-8-6-9(14-10(12)13-8)20-11-15-16-17-18(11)7-4-2-3-5-7/h6-7H,2-5H2,1H3,(H2,12,13,14). The number of nitrogens with two attached hydrogens (primary N) is 1. The molecule has 1 fully saturated rings. The summed E-state index contributed by atoms with van der Waals surface area (Å²) >= 11 is 1.37. The predicted octanol–water partition coefficient (Wildman–Crippen LogP) is 1.32. The number of anilines is 1. The van der Waals surface area contributed by atoms with E-state index >= 15 is 0 Å². The van der Waals surface area contributed by atoms with Crippen LogP contribution in [0.5, 0.6) is 5.88 Å². The summed E-state index contributed by atoms with van der Waals surface area (Å²) in [6.45, 7) is 0. The van der Waals surface area contributed by atoms with Crippen molar-refractivity contribution in [1.29, 1.82) is 0 Å². The van der Waals surface area contributed by atoms with Gasteiger partial charge in [-0.05, 0) is 35.0 Å². The number of aromatic nitrogens is 6. The van der Waals surface area contributed by atoms with Crippen molar-refractivity contribution in [2.24, 2.45) is 0 Å². The fourth-order valence-corrected chi connectivity index (χ4v) is 3.14. The van der Waals surface area contributed by atoms with Crippen molar-refractivity contribution in [3.05, 3.63) is 6.07 Å².